The molecule has 18 heavy (non-hydrogen) atoms. The molecule has 98 valence electrons. The molecule has 0 spiro atoms. The summed E-state index contributed by atoms with van der Waals surface area (Å²) >= 11 is 0. The standard InChI is InChI=1S/C13H19N3O2/c1-9(14-3)13(18)15-8-11-4-6-12(7-5-11)16-10(2)17/h4-7,9,14H,8H2,1-3H3,(H,15,18)(H,16,17). The third-order valence-corrected chi connectivity index (χ3v) is 2.57. The van der Waals surface area contributed by atoms with E-state index < -0.39 is 0 Å². The second-order valence-corrected chi connectivity index (χ2v) is 4.11. The molecule has 0 fully saturated rings. The van der Waals surface area contributed by atoms with Crippen LogP contribution in [0, 0.1) is 0 Å². The van der Waals surface area contributed by atoms with Gasteiger partial charge < -0.3 is 16.0 Å². The van der Waals surface area contributed by atoms with Crippen molar-refractivity contribution in [1.29, 1.82) is 0 Å². The second-order valence-electron chi connectivity index (χ2n) is 4.11. The predicted octanol–water partition coefficient (Wildman–Crippen LogP) is 0.869. The zero-order chi connectivity index (χ0) is 13.5. The second kappa shape index (κ2) is 6.76. The van der Waals surface area contributed by atoms with Crippen molar-refractivity contribution in [2.24, 2.45) is 0 Å². The number of rotatable bonds is 5. The van der Waals surface area contributed by atoms with Crippen molar-refractivity contribution in [1.82, 2.24) is 10.6 Å². The van der Waals surface area contributed by atoms with Gasteiger partial charge in [-0.2, -0.15) is 0 Å². The average molecular weight is 249 g/mol. The fraction of sp³-hybridized carbons (Fsp3) is 0.385. The lowest BCUT2D eigenvalue weighted by Crippen LogP contribution is -2.39. The maximum Gasteiger partial charge on any atom is 0.237 e. The van der Waals surface area contributed by atoms with Crippen LogP contribution >= 0.6 is 0 Å². The largest absolute Gasteiger partial charge is 0.351 e. The highest BCUT2D eigenvalue weighted by Crippen LogP contribution is 2.09. The van der Waals surface area contributed by atoms with Crippen LogP contribution in [0.4, 0.5) is 5.69 Å². The smallest absolute Gasteiger partial charge is 0.237 e. The zero-order valence-corrected chi connectivity index (χ0v) is 10.9. The first kappa shape index (κ1) is 14.2. The Balaban J connectivity index is 2.49. The Morgan fingerprint density at radius 3 is 2.33 bits per heavy atom. The normalized spacial score (nSPS) is 11.7. The van der Waals surface area contributed by atoms with Crippen molar-refractivity contribution in [3.8, 4) is 0 Å². The van der Waals surface area contributed by atoms with Gasteiger partial charge in [0.05, 0.1) is 6.04 Å². The van der Waals surface area contributed by atoms with Gasteiger partial charge in [-0.15, -0.1) is 0 Å². The lowest BCUT2D eigenvalue weighted by molar-refractivity contribution is -0.122. The minimum absolute atomic E-state index is 0.0385. The third-order valence-electron chi connectivity index (χ3n) is 2.57. The minimum atomic E-state index is -0.205. The molecule has 1 atom stereocenters. The van der Waals surface area contributed by atoms with Gasteiger partial charge in [0.25, 0.3) is 0 Å². The lowest BCUT2D eigenvalue weighted by atomic mass is 10.2. The van der Waals surface area contributed by atoms with Gasteiger partial charge >= 0.3 is 0 Å². The first-order valence-corrected chi connectivity index (χ1v) is 5.84. The maximum atomic E-state index is 11.5. The molecule has 1 unspecified atom stereocenters. The van der Waals surface area contributed by atoms with Crippen molar-refractivity contribution < 1.29 is 9.59 Å². The summed E-state index contributed by atoms with van der Waals surface area (Å²) in [5.74, 6) is -0.137. The summed E-state index contributed by atoms with van der Waals surface area (Å²) in [6.45, 7) is 3.74. The Morgan fingerprint density at radius 2 is 1.83 bits per heavy atom. The van der Waals surface area contributed by atoms with Gasteiger partial charge in [-0.25, -0.2) is 0 Å². The maximum absolute atomic E-state index is 11.5. The minimum Gasteiger partial charge on any atom is -0.351 e. The highest BCUT2D eigenvalue weighted by atomic mass is 16.2. The number of anilines is 1. The summed E-state index contributed by atoms with van der Waals surface area (Å²) in [7, 11) is 1.74. The van der Waals surface area contributed by atoms with Gasteiger partial charge in [-0.1, -0.05) is 12.1 Å². The number of nitrogens with one attached hydrogen (secondary N) is 3. The monoisotopic (exact) mass is 249 g/mol. The predicted molar refractivity (Wildman–Crippen MR) is 71.1 cm³/mol. The molecule has 0 saturated heterocycles. The van der Waals surface area contributed by atoms with Crippen LogP contribution in [-0.2, 0) is 16.1 Å². The zero-order valence-electron chi connectivity index (χ0n) is 10.9. The van der Waals surface area contributed by atoms with Crippen LogP contribution in [0.25, 0.3) is 0 Å². The first-order valence-electron chi connectivity index (χ1n) is 5.84. The van der Waals surface area contributed by atoms with Crippen LogP contribution in [-0.4, -0.2) is 24.9 Å². The number of benzene rings is 1. The summed E-state index contributed by atoms with van der Waals surface area (Å²) in [5.41, 5.74) is 1.74. The number of carbonyl (C=O) groups is 2. The van der Waals surface area contributed by atoms with Crippen molar-refractivity contribution in [3.63, 3.8) is 0 Å². The fourth-order valence-corrected chi connectivity index (χ4v) is 1.38. The van der Waals surface area contributed by atoms with Crippen molar-refractivity contribution in [2.75, 3.05) is 12.4 Å². The number of hydrogen-bond acceptors (Lipinski definition) is 3. The molecule has 0 radical (unpaired) electrons. The molecule has 0 aliphatic heterocycles. The van der Waals surface area contributed by atoms with E-state index in [4.69, 9.17) is 0 Å². The first-order chi connectivity index (χ1) is 8.52. The molecule has 3 N–H and O–H groups in total. The Labute approximate surface area is 107 Å². The molecule has 0 aliphatic rings. The molecule has 1 aromatic rings. The summed E-state index contributed by atoms with van der Waals surface area (Å²) < 4.78 is 0. The molecular formula is C13H19N3O2. The molecule has 2 amide bonds. The molecule has 5 nitrogen and oxygen atoms in total. The number of likely N-dealkylation sites (N-methyl/N-ethyl adjacent to an activating group) is 1. The van der Waals surface area contributed by atoms with Crippen LogP contribution in [0.5, 0.6) is 0 Å². The molecule has 5 heteroatoms. The molecule has 0 saturated carbocycles. The Morgan fingerprint density at radius 1 is 1.22 bits per heavy atom. The van der Waals surface area contributed by atoms with Gasteiger partial charge in [-0.3, -0.25) is 9.59 Å². The van der Waals surface area contributed by atoms with E-state index in [-0.39, 0.29) is 17.9 Å². The Kier molecular flexibility index (Phi) is 5.32. The van der Waals surface area contributed by atoms with Crippen molar-refractivity contribution in [2.45, 2.75) is 26.4 Å². The Bertz CT molecular complexity index is 415. The lowest BCUT2D eigenvalue weighted by Gasteiger charge is -2.11. The fourth-order valence-electron chi connectivity index (χ4n) is 1.38. The van der Waals surface area contributed by atoms with E-state index in [1.807, 2.05) is 24.3 Å². The average Bonchev–Trinajstić information content (AvgIpc) is 2.36. The van der Waals surface area contributed by atoms with E-state index >= 15 is 0 Å². The highest BCUT2D eigenvalue weighted by Gasteiger charge is 2.08. The van der Waals surface area contributed by atoms with E-state index in [1.54, 1.807) is 14.0 Å². The molecule has 1 rings (SSSR count). The van der Waals surface area contributed by atoms with Gasteiger partial charge in [0.15, 0.2) is 0 Å². The van der Waals surface area contributed by atoms with Crippen molar-refractivity contribution >= 4 is 17.5 Å². The third kappa shape index (κ3) is 4.55. The SMILES string of the molecule is CNC(C)C(=O)NCc1ccc(NC(C)=O)cc1. The summed E-state index contributed by atoms with van der Waals surface area (Å²) in [4.78, 5) is 22.4. The summed E-state index contributed by atoms with van der Waals surface area (Å²) in [6.07, 6.45) is 0. The molecule has 1 aromatic carbocycles. The number of amides is 2. The molecular weight excluding hydrogens is 230 g/mol. The van der Waals surface area contributed by atoms with Crippen molar-refractivity contribution in [3.05, 3.63) is 29.8 Å². The molecule has 0 aliphatic carbocycles. The molecule has 0 aromatic heterocycles. The summed E-state index contributed by atoms with van der Waals surface area (Å²) in [6, 6.07) is 7.16. The number of hydrogen-bond donors (Lipinski definition) is 3. The van der Waals surface area contributed by atoms with Crippen LogP contribution in [0.1, 0.15) is 19.4 Å². The quantitative estimate of drug-likeness (QED) is 0.725. The highest BCUT2D eigenvalue weighted by molar-refractivity contribution is 5.88. The van der Waals surface area contributed by atoms with E-state index in [9.17, 15) is 9.59 Å². The Hall–Kier alpha value is -1.88. The van der Waals surface area contributed by atoms with Gasteiger partial charge in [0, 0.05) is 19.2 Å². The van der Waals surface area contributed by atoms with E-state index in [0.29, 0.717) is 6.54 Å². The van der Waals surface area contributed by atoms with Gasteiger partial charge in [0.1, 0.15) is 0 Å². The van der Waals surface area contributed by atoms with E-state index in [2.05, 4.69) is 16.0 Å². The summed E-state index contributed by atoms with van der Waals surface area (Å²) in [5, 5.41) is 8.38. The number of carbonyl (C=O) groups excluding carboxylic acids is 2. The van der Waals surface area contributed by atoms with E-state index in [1.165, 1.54) is 6.92 Å². The van der Waals surface area contributed by atoms with Crippen LogP contribution < -0.4 is 16.0 Å². The van der Waals surface area contributed by atoms with Crippen LogP contribution in [0.2, 0.25) is 0 Å². The van der Waals surface area contributed by atoms with Gasteiger partial charge in [-0.05, 0) is 31.7 Å². The van der Waals surface area contributed by atoms with Gasteiger partial charge in [0.2, 0.25) is 11.8 Å². The molecule has 0 bridgehead atoms. The topological polar surface area (TPSA) is 70.2 Å². The van der Waals surface area contributed by atoms with Crippen LogP contribution in [0.3, 0.4) is 0 Å². The van der Waals surface area contributed by atoms with Crippen LogP contribution in [0.15, 0.2) is 24.3 Å². The van der Waals surface area contributed by atoms with E-state index in [0.717, 1.165) is 11.3 Å². The molecule has 0 heterocycles.